The molecule has 0 aromatic carbocycles. The molecule has 3 N–H and O–H groups in total. The summed E-state index contributed by atoms with van der Waals surface area (Å²) >= 11 is 0. The summed E-state index contributed by atoms with van der Waals surface area (Å²) in [5.41, 5.74) is 0. The van der Waals surface area contributed by atoms with Gasteiger partial charge in [0.15, 0.2) is 0 Å². The second kappa shape index (κ2) is 23.9. The Morgan fingerprint density at radius 1 is 0.520 bits per heavy atom. The van der Waals surface area contributed by atoms with Crippen LogP contribution >= 0.6 is 0 Å². The van der Waals surface area contributed by atoms with E-state index in [0.29, 0.717) is 0 Å². The highest BCUT2D eigenvalue weighted by Gasteiger charge is 1.95. The lowest BCUT2D eigenvalue weighted by Gasteiger charge is -2.08. The first-order valence-electron chi connectivity index (χ1n) is 10.7. The summed E-state index contributed by atoms with van der Waals surface area (Å²) in [5, 5.41) is 21.5. The van der Waals surface area contributed by atoms with Gasteiger partial charge in [-0.05, 0) is 27.1 Å². The van der Waals surface area contributed by atoms with Crippen molar-refractivity contribution in [2.45, 2.75) is 110 Å². The fourth-order valence-corrected chi connectivity index (χ4v) is 2.98. The monoisotopic (exact) mass is 359 g/mol. The maximum Gasteiger partial charge on any atom is 0.631 e. The first kappa shape index (κ1) is 27.1. The third-order valence-corrected chi connectivity index (χ3v) is 4.46. The molecule has 0 radical (unpaired) electrons. The minimum absolute atomic E-state index is 1.26. The summed E-state index contributed by atoms with van der Waals surface area (Å²) in [6, 6.07) is 0. The summed E-state index contributed by atoms with van der Waals surface area (Å²) in [7, 11) is 2.18. The van der Waals surface area contributed by atoms with Gasteiger partial charge in [0, 0.05) is 0 Å². The third-order valence-electron chi connectivity index (χ3n) is 4.46. The van der Waals surface area contributed by atoms with E-state index < -0.39 is 7.32 Å². The molecule has 0 unspecified atom stereocenters. The lowest BCUT2D eigenvalue weighted by atomic mass is 10.0. The topological polar surface area (TPSA) is 63.9 Å². The molecule has 152 valence electrons. The number of hydrogen-bond donors (Lipinski definition) is 3. The smallest absolute Gasteiger partial charge is 0.402 e. The SMILES string of the molecule is CCCCCCCCCCCCCCCCCCN(C)C.OB(O)O. The number of nitrogens with zero attached hydrogens (tertiary/aromatic N) is 1. The lowest BCUT2D eigenvalue weighted by Crippen LogP contribution is -2.12. The van der Waals surface area contributed by atoms with Crippen LogP contribution in [0.1, 0.15) is 110 Å². The van der Waals surface area contributed by atoms with Crippen molar-refractivity contribution in [1.29, 1.82) is 0 Å². The van der Waals surface area contributed by atoms with Gasteiger partial charge in [-0.2, -0.15) is 0 Å². The molecule has 0 aliphatic rings. The van der Waals surface area contributed by atoms with Crippen LogP contribution in [0.4, 0.5) is 0 Å². The Kier molecular flexibility index (Phi) is 25.9. The Labute approximate surface area is 158 Å². The van der Waals surface area contributed by atoms with Crippen LogP contribution in [0.15, 0.2) is 0 Å². The molecule has 5 heteroatoms. The summed E-state index contributed by atoms with van der Waals surface area (Å²) < 4.78 is 0. The first-order chi connectivity index (χ1) is 12.0. The van der Waals surface area contributed by atoms with Gasteiger partial charge in [0.2, 0.25) is 0 Å². The van der Waals surface area contributed by atoms with Crippen LogP contribution in [0.5, 0.6) is 0 Å². The average molecular weight is 359 g/mol. The van der Waals surface area contributed by atoms with Gasteiger partial charge in [-0.3, -0.25) is 0 Å². The highest BCUT2D eigenvalue weighted by Crippen LogP contribution is 2.13. The predicted molar refractivity (Wildman–Crippen MR) is 111 cm³/mol. The van der Waals surface area contributed by atoms with Crippen LogP contribution in [-0.4, -0.2) is 47.9 Å². The molecule has 0 fully saturated rings. The van der Waals surface area contributed by atoms with Crippen molar-refractivity contribution >= 4 is 7.32 Å². The molecular weight excluding hydrogens is 313 g/mol. The zero-order valence-corrected chi connectivity index (χ0v) is 17.4. The average Bonchev–Trinajstić information content (AvgIpc) is 2.53. The van der Waals surface area contributed by atoms with E-state index in [4.69, 9.17) is 15.1 Å². The van der Waals surface area contributed by atoms with Crippen molar-refractivity contribution in [3.63, 3.8) is 0 Å². The number of unbranched alkanes of at least 4 members (excludes halogenated alkanes) is 15. The van der Waals surface area contributed by atoms with Gasteiger partial charge in [-0.25, -0.2) is 0 Å². The van der Waals surface area contributed by atoms with Crippen LogP contribution in [0, 0.1) is 0 Å². The van der Waals surface area contributed by atoms with Crippen LogP contribution < -0.4 is 0 Å². The molecule has 0 saturated carbocycles. The Hall–Kier alpha value is -0.0951. The molecule has 0 atom stereocenters. The van der Waals surface area contributed by atoms with Crippen molar-refractivity contribution in [2.24, 2.45) is 0 Å². The van der Waals surface area contributed by atoms with E-state index in [-0.39, 0.29) is 0 Å². The molecule has 0 aliphatic heterocycles. The van der Waals surface area contributed by atoms with Gasteiger partial charge in [-0.15, -0.1) is 0 Å². The summed E-state index contributed by atoms with van der Waals surface area (Å²) in [4.78, 5) is 2.30. The molecule has 4 nitrogen and oxygen atoms in total. The summed E-state index contributed by atoms with van der Waals surface area (Å²) in [6.45, 7) is 3.56. The minimum atomic E-state index is -2.17. The molecule has 0 heterocycles. The molecule has 25 heavy (non-hydrogen) atoms. The van der Waals surface area contributed by atoms with Gasteiger partial charge < -0.3 is 20.0 Å². The molecular formula is C20H46BNO3. The zero-order chi connectivity index (χ0) is 19.2. The number of hydrogen-bond acceptors (Lipinski definition) is 4. The Bertz CT molecular complexity index is 226. The molecule has 0 bridgehead atoms. The predicted octanol–water partition coefficient (Wildman–Crippen LogP) is 4.76. The fraction of sp³-hybridized carbons (Fsp3) is 1.00. The Morgan fingerprint density at radius 3 is 1.00 bits per heavy atom. The molecule has 0 amide bonds. The van der Waals surface area contributed by atoms with Crippen molar-refractivity contribution in [3.05, 3.63) is 0 Å². The van der Waals surface area contributed by atoms with E-state index >= 15 is 0 Å². The lowest BCUT2D eigenvalue weighted by molar-refractivity contribution is 0.278. The molecule has 0 rings (SSSR count). The van der Waals surface area contributed by atoms with Crippen molar-refractivity contribution in [1.82, 2.24) is 4.90 Å². The Morgan fingerprint density at radius 2 is 0.760 bits per heavy atom. The maximum atomic E-state index is 7.17. The van der Waals surface area contributed by atoms with E-state index in [1.54, 1.807) is 0 Å². The van der Waals surface area contributed by atoms with Gasteiger partial charge in [0.1, 0.15) is 0 Å². The van der Waals surface area contributed by atoms with Crippen molar-refractivity contribution in [3.8, 4) is 0 Å². The first-order valence-corrected chi connectivity index (χ1v) is 10.7. The second-order valence-corrected chi connectivity index (χ2v) is 7.45. The minimum Gasteiger partial charge on any atom is -0.402 e. The third kappa shape index (κ3) is 35.8. The molecule has 0 spiro atoms. The highest BCUT2D eigenvalue weighted by atomic mass is 16.5. The Balaban J connectivity index is 0. The molecule has 0 aromatic rings. The van der Waals surface area contributed by atoms with E-state index in [1.807, 2.05) is 0 Å². The molecule has 0 saturated heterocycles. The highest BCUT2D eigenvalue weighted by molar-refractivity contribution is 6.30. The summed E-state index contributed by atoms with van der Waals surface area (Å²) in [6.07, 6.45) is 23.3. The summed E-state index contributed by atoms with van der Waals surface area (Å²) in [5.74, 6) is 0. The van der Waals surface area contributed by atoms with E-state index in [0.717, 1.165) is 0 Å². The van der Waals surface area contributed by atoms with E-state index in [2.05, 4.69) is 25.9 Å². The largest absolute Gasteiger partial charge is 0.631 e. The van der Waals surface area contributed by atoms with Crippen molar-refractivity contribution in [2.75, 3.05) is 20.6 Å². The van der Waals surface area contributed by atoms with Crippen molar-refractivity contribution < 1.29 is 15.1 Å². The van der Waals surface area contributed by atoms with Crippen LogP contribution in [0.3, 0.4) is 0 Å². The van der Waals surface area contributed by atoms with Crippen LogP contribution in [0.25, 0.3) is 0 Å². The van der Waals surface area contributed by atoms with Gasteiger partial charge in [0.25, 0.3) is 0 Å². The number of rotatable bonds is 17. The molecule has 0 aromatic heterocycles. The fourth-order valence-electron chi connectivity index (χ4n) is 2.98. The second-order valence-electron chi connectivity index (χ2n) is 7.45. The zero-order valence-electron chi connectivity index (χ0n) is 17.4. The van der Waals surface area contributed by atoms with Crippen LogP contribution in [0.2, 0.25) is 0 Å². The van der Waals surface area contributed by atoms with Gasteiger partial charge in [-0.1, -0.05) is 103 Å². The van der Waals surface area contributed by atoms with E-state index in [1.165, 1.54) is 109 Å². The normalized spacial score (nSPS) is 10.7. The quantitative estimate of drug-likeness (QED) is 0.259. The van der Waals surface area contributed by atoms with Gasteiger partial charge in [0.05, 0.1) is 0 Å². The standard InChI is InChI=1S/C20H43N.BH3O3/c1-4-5-6-7-8-9-10-11-12-13-14-15-16-17-18-19-20-21(2)3;2-1(3)4/h4-20H2,1-3H3;2-4H. The molecule has 0 aliphatic carbocycles. The van der Waals surface area contributed by atoms with Gasteiger partial charge >= 0.3 is 7.32 Å². The van der Waals surface area contributed by atoms with Crippen LogP contribution in [-0.2, 0) is 0 Å². The van der Waals surface area contributed by atoms with E-state index in [9.17, 15) is 0 Å². The maximum absolute atomic E-state index is 7.17.